The van der Waals surface area contributed by atoms with Crippen LogP contribution in [0.3, 0.4) is 0 Å². The van der Waals surface area contributed by atoms with Crippen molar-refractivity contribution in [1.29, 1.82) is 0 Å². The Kier molecular flexibility index (Phi) is 3.02. The van der Waals surface area contributed by atoms with Crippen LogP contribution in [0.2, 0.25) is 0 Å². The Bertz CT molecular complexity index is 717. The van der Waals surface area contributed by atoms with Crippen molar-refractivity contribution >= 4 is 11.6 Å². The molecular weight excluding hydrogens is 302 g/mol. The van der Waals surface area contributed by atoms with Gasteiger partial charge in [0.05, 0.1) is 5.41 Å². The molecule has 0 unspecified atom stereocenters. The topological polar surface area (TPSA) is 83.6 Å². The number of amides is 1. The first-order valence-corrected chi connectivity index (χ1v) is 8.85. The molecule has 2 aromatic rings. The molecule has 0 saturated heterocycles. The second-order valence-corrected chi connectivity index (χ2v) is 7.96. The van der Waals surface area contributed by atoms with Crippen LogP contribution in [0, 0.1) is 23.2 Å². The van der Waals surface area contributed by atoms with Crippen molar-refractivity contribution in [2.75, 3.05) is 5.32 Å². The van der Waals surface area contributed by atoms with Gasteiger partial charge in [-0.05, 0) is 85.8 Å². The number of nitrogens with one attached hydrogen (secondary N) is 2. The van der Waals surface area contributed by atoms with Crippen LogP contribution in [0.5, 0.6) is 0 Å². The summed E-state index contributed by atoms with van der Waals surface area (Å²) in [5, 5.41) is 17.1. The first kappa shape index (κ1) is 14.1. The van der Waals surface area contributed by atoms with Crippen LogP contribution in [-0.4, -0.2) is 26.5 Å². The van der Waals surface area contributed by atoms with E-state index in [0.29, 0.717) is 5.82 Å². The van der Waals surface area contributed by atoms with E-state index >= 15 is 0 Å². The summed E-state index contributed by atoms with van der Waals surface area (Å²) in [5.41, 5.74) is 1.63. The van der Waals surface area contributed by atoms with Gasteiger partial charge in [0.25, 0.3) is 0 Å². The lowest BCUT2D eigenvalue weighted by Gasteiger charge is -2.55. The highest BCUT2D eigenvalue weighted by Gasteiger charge is 2.54. The molecule has 0 atom stereocenters. The summed E-state index contributed by atoms with van der Waals surface area (Å²) in [4.78, 5) is 13.0. The van der Waals surface area contributed by atoms with Gasteiger partial charge < -0.3 is 5.32 Å². The molecule has 6 heteroatoms. The van der Waals surface area contributed by atoms with Crippen molar-refractivity contribution in [3.05, 3.63) is 24.3 Å². The third-order valence-electron chi connectivity index (χ3n) is 6.27. The highest BCUT2D eigenvalue weighted by molar-refractivity contribution is 5.95. The van der Waals surface area contributed by atoms with Gasteiger partial charge in [0.15, 0.2) is 0 Å². The van der Waals surface area contributed by atoms with Crippen molar-refractivity contribution in [2.24, 2.45) is 23.2 Å². The molecule has 0 spiro atoms. The number of tetrazole rings is 1. The summed E-state index contributed by atoms with van der Waals surface area (Å²) in [6.07, 6.45) is 7.33. The molecule has 4 aliphatic rings. The van der Waals surface area contributed by atoms with E-state index in [1.165, 1.54) is 19.3 Å². The molecule has 0 radical (unpaired) electrons. The number of hydrogen-bond donors (Lipinski definition) is 2. The fourth-order valence-electron chi connectivity index (χ4n) is 5.64. The largest absolute Gasteiger partial charge is 0.326 e. The molecule has 6 rings (SSSR count). The molecule has 24 heavy (non-hydrogen) atoms. The SMILES string of the molecule is O=C(Nc1ccc(-c2nn[nH]n2)cc1)C12CC3CC(CC(C3)C1)C2. The van der Waals surface area contributed by atoms with E-state index in [1.54, 1.807) is 0 Å². The molecule has 1 aromatic heterocycles. The van der Waals surface area contributed by atoms with Gasteiger partial charge in [-0.15, -0.1) is 10.2 Å². The Morgan fingerprint density at radius 2 is 1.67 bits per heavy atom. The third-order valence-corrected chi connectivity index (χ3v) is 6.27. The zero-order valence-electron chi connectivity index (χ0n) is 13.5. The van der Waals surface area contributed by atoms with E-state index in [4.69, 9.17) is 0 Å². The lowest BCUT2D eigenvalue weighted by molar-refractivity contribution is -0.140. The minimum atomic E-state index is -0.110. The number of carbonyl (C=O) groups excluding carboxylic acids is 1. The molecule has 4 fully saturated rings. The van der Waals surface area contributed by atoms with Crippen LogP contribution in [0.25, 0.3) is 11.4 Å². The molecule has 4 saturated carbocycles. The summed E-state index contributed by atoms with van der Waals surface area (Å²) in [7, 11) is 0. The van der Waals surface area contributed by atoms with Crippen LogP contribution in [-0.2, 0) is 4.79 Å². The minimum absolute atomic E-state index is 0.110. The number of aromatic nitrogens is 4. The van der Waals surface area contributed by atoms with Crippen molar-refractivity contribution in [1.82, 2.24) is 20.6 Å². The van der Waals surface area contributed by atoms with Crippen molar-refractivity contribution in [3.63, 3.8) is 0 Å². The molecular formula is C18H21N5O. The number of anilines is 1. The summed E-state index contributed by atoms with van der Waals surface area (Å²) in [5.74, 6) is 3.13. The number of aromatic amines is 1. The number of hydrogen-bond acceptors (Lipinski definition) is 4. The zero-order valence-corrected chi connectivity index (χ0v) is 13.5. The highest BCUT2D eigenvalue weighted by atomic mass is 16.2. The van der Waals surface area contributed by atoms with Gasteiger partial charge in [-0.25, -0.2) is 0 Å². The van der Waals surface area contributed by atoms with Gasteiger partial charge in [-0.1, -0.05) is 0 Å². The third kappa shape index (κ3) is 2.24. The van der Waals surface area contributed by atoms with Gasteiger partial charge in [0.2, 0.25) is 11.7 Å². The lowest BCUT2D eigenvalue weighted by atomic mass is 9.49. The van der Waals surface area contributed by atoms with E-state index in [9.17, 15) is 4.79 Å². The van der Waals surface area contributed by atoms with Gasteiger partial charge in [-0.3, -0.25) is 4.79 Å². The molecule has 0 aliphatic heterocycles. The molecule has 4 aliphatic carbocycles. The number of nitrogens with zero attached hydrogens (tertiary/aromatic N) is 3. The first-order chi connectivity index (χ1) is 11.7. The Balaban J connectivity index is 1.33. The van der Waals surface area contributed by atoms with Gasteiger partial charge in [0, 0.05) is 11.3 Å². The fraction of sp³-hybridized carbons (Fsp3) is 0.556. The second kappa shape index (κ2) is 5.13. The number of rotatable bonds is 3. The zero-order chi connectivity index (χ0) is 16.1. The van der Waals surface area contributed by atoms with E-state index in [2.05, 4.69) is 25.9 Å². The van der Waals surface area contributed by atoms with E-state index < -0.39 is 0 Å². The summed E-state index contributed by atoms with van der Waals surface area (Å²) < 4.78 is 0. The number of benzene rings is 1. The maximum absolute atomic E-state index is 13.0. The van der Waals surface area contributed by atoms with Gasteiger partial charge in [0.1, 0.15) is 0 Å². The number of carbonyl (C=O) groups is 1. The molecule has 6 nitrogen and oxygen atoms in total. The van der Waals surface area contributed by atoms with Crippen LogP contribution >= 0.6 is 0 Å². The molecule has 124 valence electrons. The standard InChI is InChI=1S/C18H21N5O/c24-17(18-8-11-5-12(9-18)7-13(6-11)10-18)19-15-3-1-14(2-4-15)16-20-22-23-21-16/h1-4,11-13H,5-10H2,(H,19,24)(H,20,21,22,23). The van der Waals surface area contributed by atoms with Crippen molar-refractivity contribution < 1.29 is 4.79 Å². The maximum atomic E-state index is 13.0. The predicted molar refractivity (Wildman–Crippen MR) is 88.8 cm³/mol. The maximum Gasteiger partial charge on any atom is 0.230 e. The summed E-state index contributed by atoms with van der Waals surface area (Å²) in [6.45, 7) is 0. The Morgan fingerprint density at radius 1 is 1.04 bits per heavy atom. The summed E-state index contributed by atoms with van der Waals surface area (Å²) >= 11 is 0. The fourth-order valence-corrected chi connectivity index (χ4v) is 5.64. The van der Waals surface area contributed by atoms with Crippen LogP contribution < -0.4 is 5.32 Å². The van der Waals surface area contributed by atoms with E-state index in [0.717, 1.165) is 48.3 Å². The first-order valence-electron chi connectivity index (χ1n) is 8.85. The Labute approximate surface area is 140 Å². The van der Waals surface area contributed by atoms with E-state index in [1.807, 2.05) is 24.3 Å². The Morgan fingerprint density at radius 3 is 2.21 bits per heavy atom. The molecule has 2 N–H and O–H groups in total. The predicted octanol–water partition coefficient (Wildman–Crippen LogP) is 3.02. The van der Waals surface area contributed by atoms with Crippen molar-refractivity contribution in [2.45, 2.75) is 38.5 Å². The molecule has 1 heterocycles. The van der Waals surface area contributed by atoms with Gasteiger partial charge >= 0.3 is 0 Å². The number of H-pyrrole nitrogens is 1. The molecule has 1 aromatic carbocycles. The average Bonchev–Trinajstić information content (AvgIpc) is 3.09. The normalized spacial score (nSPS) is 33.6. The highest BCUT2D eigenvalue weighted by Crippen LogP contribution is 2.60. The smallest absolute Gasteiger partial charge is 0.230 e. The minimum Gasteiger partial charge on any atom is -0.326 e. The van der Waals surface area contributed by atoms with Gasteiger partial charge in [-0.2, -0.15) is 5.21 Å². The van der Waals surface area contributed by atoms with E-state index in [-0.39, 0.29) is 11.3 Å². The monoisotopic (exact) mass is 323 g/mol. The van der Waals surface area contributed by atoms with Crippen LogP contribution in [0.1, 0.15) is 38.5 Å². The quantitative estimate of drug-likeness (QED) is 0.909. The second-order valence-electron chi connectivity index (χ2n) is 7.96. The van der Waals surface area contributed by atoms with Crippen LogP contribution in [0.15, 0.2) is 24.3 Å². The lowest BCUT2D eigenvalue weighted by Crippen LogP contribution is -2.51. The average molecular weight is 323 g/mol. The van der Waals surface area contributed by atoms with Crippen LogP contribution in [0.4, 0.5) is 5.69 Å². The van der Waals surface area contributed by atoms with Crippen molar-refractivity contribution in [3.8, 4) is 11.4 Å². The molecule has 4 bridgehead atoms. The summed E-state index contributed by atoms with van der Waals surface area (Å²) in [6, 6.07) is 7.68. The Hall–Kier alpha value is -2.24. The molecule has 1 amide bonds.